The van der Waals surface area contributed by atoms with Crippen molar-refractivity contribution in [2.24, 2.45) is 0 Å². The van der Waals surface area contributed by atoms with E-state index in [0.29, 0.717) is 31.2 Å². The zero-order valence-corrected chi connectivity index (χ0v) is 16.1. The maximum Gasteiger partial charge on any atom is 0.261 e. The first-order valence-corrected chi connectivity index (χ1v) is 9.24. The average molecular weight is 355 g/mol. The summed E-state index contributed by atoms with van der Waals surface area (Å²) in [5, 5.41) is 2.90. The van der Waals surface area contributed by atoms with Crippen molar-refractivity contribution < 1.29 is 14.3 Å². The van der Waals surface area contributed by atoms with Gasteiger partial charge in [0.1, 0.15) is 18.1 Å². The number of carbonyl (C=O) groups is 1. The first-order chi connectivity index (χ1) is 12.5. The molecule has 2 aromatic carbocycles. The van der Waals surface area contributed by atoms with Crippen LogP contribution in [0, 0.1) is 6.92 Å². The number of hydrogen-bond acceptors (Lipinski definition) is 3. The minimum absolute atomic E-state index is 0.117. The lowest BCUT2D eigenvalue weighted by Crippen LogP contribution is -2.39. The average Bonchev–Trinajstić information content (AvgIpc) is 2.64. The molecule has 0 aliphatic carbocycles. The topological polar surface area (TPSA) is 47.6 Å². The Morgan fingerprint density at radius 1 is 1.08 bits per heavy atom. The van der Waals surface area contributed by atoms with Crippen LogP contribution in [0.25, 0.3) is 0 Å². The number of para-hydroxylation sites is 1. The Hall–Kier alpha value is -2.49. The maximum absolute atomic E-state index is 12.3. The largest absolute Gasteiger partial charge is 0.491 e. The van der Waals surface area contributed by atoms with Crippen molar-refractivity contribution in [1.29, 1.82) is 0 Å². The van der Waals surface area contributed by atoms with Gasteiger partial charge in [0.25, 0.3) is 5.91 Å². The highest BCUT2D eigenvalue weighted by atomic mass is 16.5. The lowest BCUT2D eigenvalue weighted by molar-refractivity contribution is -0.128. The molecule has 0 aromatic heterocycles. The number of benzene rings is 2. The van der Waals surface area contributed by atoms with Crippen LogP contribution in [0.1, 0.15) is 44.2 Å². The van der Waals surface area contributed by atoms with E-state index in [-0.39, 0.29) is 5.91 Å². The summed E-state index contributed by atoms with van der Waals surface area (Å²) in [5.74, 6) is 1.86. The van der Waals surface area contributed by atoms with Gasteiger partial charge in [-0.2, -0.15) is 0 Å². The summed E-state index contributed by atoms with van der Waals surface area (Å²) < 4.78 is 11.6. The van der Waals surface area contributed by atoms with Crippen LogP contribution in [0.4, 0.5) is 0 Å². The second-order valence-electron chi connectivity index (χ2n) is 6.66. The van der Waals surface area contributed by atoms with E-state index in [4.69, 9.17) is 9.47 Å². The molecule has 0 heterocycles. The van der Waals surface area contributed by atoms with Crippen molar-refractivity contribution in [3.8, 4) is 11.5 Å². The summed E-state index contributed by atoms with van der Waals surface area (Å²) in [5.41, 5.74) is 2.33. The zero-order valence-electron chi connectivity index (χ0n) is 16.1. The summed E-state index contributed by atoms with van der Waals surface area (Å²) in [6.07, 6.45) is 0.108. The molecule has 4 nitrogen and oxygen atoms in total. The van der Waals surface area contributed by atoms with E-state index in [1.807, 2.05) is 56.3 Å². The number of ether oxygens (including phenoxy) is 2. The summed E-state index contributed by atoms with van der Waals surface area (Å²) in [7, 11) is 0. The predicted molar refractivity (Wildman–Crippen MR) is 105 cm³/mol. The van der Waals surface area contributed by atoms with Crippen LogP contribution in [0.2, 0.25) is 0 Å². The number of rotatable bonds is 9. The molecule has 0 saturated heterocycles. The molecule has 2 aromatic rings. The van der Waals surface area contributed by atoms with Crippen molar-refractivity contribution in [2.75, 3.05) is 13.2 Å². The fourth-order valence-corrected chi connectivity index (χ4v) is 2.64. The lowest BCUT2D eigenvalue weighted by atomic mass is 10.0. The molecule has 0 radical (unpaired) electrons. The first kappa shape index (κ1) is 19.8. The molecule has 4 heteroatoms. The molecular weight excluding hydrogens is 326 g/mol. The minimum Gasteiger partial charge on any atom is -0.491 e. The van der Waals surface area contributed by atoms with Gasteiger partial charge in [-0.25, -0.2) is 0 Å². The molecule has 1 unspecified atom stereocenters. The van der Waals surface area contributed by atoms with Gasteiger partial charge >= 0.3 is 0 Å². The fraction of sp³-hybridized carbons (Fsp3) is 0.409. The third-order valence-corrected chi connectivity index (χ3v) is 4.16. The van der Waals surface area contributed by atoms with Crippen molar-refractivity contribution in [1.82, 2.24) is 5.32 Å². The van der Waals surface area contributed by atoms with Crippen LogP contribution in [0.5, 0.6) is 11.5 Å². The SMILES string of the molecule is CCC(Oc1ccc(C)cc1)C(=O)NCCOc1ccccc1C(C)C. The minimum atomic E-state index is -0.499. The Labute approximate surface area is 156 Å². The van der Waals surface area contributed by atoms with Crippen LogP contribution >= 0.6 is 0 Å². The summed E-state index contributed by atoms with van der Waals surface area (Å²) >= 11 is 0. The van der Waals surface area contributed by atoms with Gasteiger partial charge < -0.3 is 14.8 Å². The molecule has 0 saturated carbocycles. The van der Waals surface area contributed by atoms with Gasteiger partial charge in [-0.1, -0.05) is 56.7 Å². The number of amides is 1. The molecule has 0 fully saturated rings. The van der Waals surface area contributed by atoms with Gasteiger partial charge in [0.05, 0.1) is 6.54 Å². The zero-order chi connectivity index (χ0) is 18.9. The van der Waals surface area contributed by atoms with E-state index < -0.39 is 6.10 Å². The third-order valence-electron chi connectivity index (χ3n) is 4.16. The van der Waals surface area contributed by atoms with E-state index in [0.717, 1.165) is 11.3 Å². The van der Waals surface area contributed by atoms with Crippen LogP contribution in [-0.2, 0) is 4.79 Å². The lowest BCUT2D eigenvalue weighted by Gasteiger charge is -2.18. The highest BCUT2D eigenvalue weighted by Gasteiger charge is 2.18. The Morgan fingerprint density at radius 3 is 2.42 bits per heavy atom. The second kappa shape index (κ2) is 9.85. The smallest absolute Gasteiger partial charge is 0.261 e. The Morgan fingerprint density at radius 2 is 1.77 bits per heavy atom. The van der Waals surface area contributed by atoms with Crippen LogP contribution in [0.3, 0.4) is 0 Å². The van der Waals surface area contributed by atoms with Gasteiger partial charge in [-0.15, -0.1) is 0 Å². The highest BCUT2D eigenvalue weighted by molar-refractivity contribution is 5.81. The molecule has 1 atom stereocenters. The van der Waals surface area contributed by atoms with Gasteiger partial charge in [-0.05, 0) is 43.0 Å². The summed E-state index contributed by atoms with van der Waals surface area (Å²) in [6.45, 7) is 9.10. The van der Waals surface area contributed by atoms with E-state index in [1.165, 1.54) is 5.56 Å². The number of carbonyl (C=O) groups excluding carboxylic acids is 1. The van der Waals surface area contributed by atoms with Crippen molar-refractivity contribution in [3.05, 3.63) is 59.7 Å². The molecular formula is C22H29NO3. The monoisotopic (exact) mass is 355 g/mol. The normalized spacial score (nSPS) is 11.9. The van der Waals surface area contributed by atoms with Gasteiger partial charge in [0, 0.05) is 0 Å². The van der Waals surface area contributed by atoms with Crippen molar-refractivity contribution in [2.45, 2.75) is 46.1 Å². The molecule has 1 amide bonds. The molecule has 1 N–H and O–H groups in total. The number of nitrogens with one attached hydrogen (secondary N) is 1. The third kappa shape index (κ3) is 5.80. The second-order valence-corrected chi connectivity index (χ2v) is 6.66. The molecule has 0 bridgehead atoms. The molecule has 0 aliphatic rings. The summed E-state index contributed by atoms with van der Waals surface area (Å²) in [4.78, 5) is 12.3. The van der Waals surface area contributed by atoms with Crippen LogP contribution in [0.15, 0.2) is 48.5 Å². The van der Waals surface area contributed by atoms with E-state index >= 15 is 0 Å². The first-order valence-electron chi connectivity index (χ1n) is 9.24. The fourth-order valence-electron chi connectivity index (χ4n) is 2.64. The highest BCUT2D eigenvalue weighted by Crippen LogP contribution is 2.25. The Bertz CT molecular complexity index is 695. The number of aryl methyl sites for hydroxylation is 1. The standard InChI is InChI=1S/C22H29NO3/c1-5-20(26-18-12-10-17(4)11-13-18)22(24)23-14-15-25-21-9-7-6-8-19(21)16(2)3/h6-13,16,20H,5,14-15H2,1-4H3,(H,23,24). The molecule has 0 spiro atoms. The summed E-state index contributed by atoms with van der Waals surface area (Å²) in [6, 6.07) is 15.7. The maximum atomic E-state index is 12.3. The molecule has 2 rings (SSSR count). The predicted octanol–water partition coefficient (Wildman–Crippen LogP) is 4.47. The van der Waals surface area contributed by atoms with Crippen molar-refractivity contribution >= 4 is 5.91 Å². The van der Waals surface area contributed by atoms with Crippen LogP contribution in [-0.4, -0.2) is 25.2 Å². The Kier molecular flexibility index (Phi) is 7.52. The molecule has 140 valence electrons. The van der Waals surface area contributed by atoms with E-state index in [2.05, 4.69) is 25.2 Å². The van der Waals surface area contributed by atoms with Crippen LogP contribution < -0.4 is 14.8 Å². The van der Waals surface area contributed by atoms with Gasteiger partial charge in [-0.3, -0.25) is 4.79 Å². The van der Waals surface area contributed by atoms with E-state index in [1.54, 1.807) is 0 Å². The Balaban J connectivity index is 1.81. The van der Waals surface area contributed by atoms with Gasteiger partial charge in [0.15, 0.2) is 6.10 Å². The van der Waals surface area contributed by atoms with E-state index in [9.17, 15) is 4.79 Å². The molecule has 0 aliphatic heterocycles. The molecule has 26 heavy (non-hydrogen) atoms. The van der Waals surface area contributed by atoms with Gasteiger partial charge in [0.2, 0.25) is 0 Å². The van der Waals surface area contributed by atoms with Crippen molar-refractivity contribution in [3.63, 3.8) is 0 Å². The number of hydrogen-bond donors (Lipinski definition) is 1. The quantitative estimate of drug-likeness (QED) is 0.675.